The van der Waals surface area contributed by atoms with Crippen molar-refractivity contribution in [3.8, 4) is 0 Å². The van der Waals surface area contributed by atoms with E-state index in [2.05, 4.69) is 22.0 Å². The Morgan fingerprint density at radius 2 is 2.50 bits per heavy atom. The van der Waals surface area contributed by atoms with Crippen molar-refractivity contribution in [2.75, 3.05) is 13.2 Å². The van der Waals surface area contributed by atoms with Crippen LogP contribution < -0.4 is 0 Å². The summed E-state index contributed by atoms with van der Waals surface area (Å²) in [6.07, 6.45) is 4.49. The third-order valence-corrected chi connectivity index (χ3v) is 1.65. The summed E-state index contributed by atoms with van der Waals surface area (Å²) in [7, 11) is 0. The van der Waals surface area contributed by atoms with Crippen LogP contribution in [0.25, 0.3) is 0 Å². The maximum absolute atomic E-state index is 5.19. The van der Waals surface area contributed by atoms with Crippen molar-refractivity contribution >= 4 is 15.9 Å². The molecule has 0 saturated carbocycles. The zero-order chi connectivity index (χ0) is 5.82. The van der Waals surface area contributed by atoms with Crippen LogP contribution in [0.15, 0.2) is 10.6 Å². The van der Waals surface area contributed by atoms with E-state index < -0.39 is 0 Å². The van der Waals surface area contributed by atoms with Gasteiger partial charge >= 0.3 is 0 Å². The summed E-state index contributed by atoms with van der Waals surface area (Å²) in [6.45, 7) is 1.67. The molecule has 0 unspecified atom stereocenters. The Bertz CT molecular complexity index is 98.7. The molecule has 0 aromatic heterocycles. The fourth-order valence-electron chi connectivity index (χ4n) is 0.673. The molecule has 1 aliphatic rings. The molecule has 0 saturated heterocycles. The normalized spacial score (nSPS) is 21.9. The second-order valence-corrected chi connectivity index (χ2v) is 2.86. The molecule has 1 nitrogen and oxygen atoms in total. The van der Waals surface area contributed by atoms with Gasteiger partial charge in [0.1, 0.15) is 0 Å². The number of ether oxygens (including phenoxy) is 1. The molecular weight excluding hydrogens is 168 g/mol. The van der Waals surface area contributed by atoms with E-state index in [-0.39, 0.29) is 0 Å². The molecule has 1 rings (SSSR count). The van der Waals surface area contributed by atoms with E-state index in [9.17, 15) is 0 Å². The Labute approximate surface area is 57.8 Å². The highest BCUT2D eigenvalue weighted by molar-refractivity contribution is 9.11. The largest absolute Gasteiger partial charge is 0.376 e. The van der Waals surface area contributed by atoms with Crippen LogP contribution in [0.1, 0.15) is 12.8 Å². The average molecular weight is 177 g/mol. The molecule has 46 valence electrons. The molecule has 0 atom stereocenters. The summed E-state index contributed by atoms with van der Waals surface area (Å²) in [5.41, 5.74) is 0. The van der Waals surface area contributed by atoms with Crippen molar-refractivity contribution in [3.05, 3.63) is 10.6 Å². The van der Waals surface area contributed by atoms with Gasteiger partial charge in [-0.25, -0.2) is 0 Å². The van der Waals surface area contributed by atoms with Gasteiger partial charge in [-0.05, 0) is 12.8 Å². The smallest absolute Gasteiger partial charge is 0.0778 e. The summed E-state index contributed by atoms with van der Waals surface area (Å²) < 4.78 is 6.38. The van der Waals surface area contributed by atoms with Gasteiger partial charge in [-0.1, -0.05) is 22.0 Å². The number of allylic oxidation sites excluding steroid dienone is 1. The lowest BCUT2D eigenvalue weighted by Crippen LogP contribution is -1.91. The molecule has 0 bridgehead atoms. The minimum Gasteiger partial charge on any atom is -0.376 e. The van der Waals surface area contributed by atoms with Gasteiger partial charge < -0.3 is 4.74 Å². The Morgan fingerprint density at radius 3 is 3.38 bits per heavy atom. The van der Waals surface area contributed by atoms with Crippen molar-refractivity contribution in [1.29, 1.82) is 0 Å². The molecule has 0 radical (unpaired) electrons. The number of hydrogen-bond acceptors (Lipinski definition) is 1. The standard InChI is InChI=1S/C6H9BrO/c7-6-3-1-2-4-8-5-6/h3H,1-2,4-5H2. The zero-order valence-corrected chi connectivity index (χ0v) is 6.28. The highest BCUT2D eigenvalue weighted by Crippen LogP contribution is 2.11. The highest BCUT2D eigenvalue weighted by Gasteiger charge is 1.96. The van der Waals surface area contributed by atoms with E-state index in [0.717, 1.165) is 26.1 Å². The Morgan fingerprint density at radius 1 is 1.62 bits per heavy atom. The first-order valence-electron chi connectivity index (χ1n) is 2.82. The topological polar surface area (TPSA) is 9.23 Å². The van der Waals surface area contributed by atoms with Crippen molar-refractivity contribution in [2.24, 2.45) is 0 Å². The molecule has 8 heavy (non-hydrogen) atoms. The number of rotatable bonds is 0. The van der Waals surface area contributed by atoms with Crippen LogP contribution in [0.5, 0.6) is 0 Å². The van der Waals surface area contributed by atoms with Gasteiger partial charge in [0.2, 0.25) is 0 Å². The van der Waals surface area contributed by atoms with Crippen molar-refractivity contribution < 1.29 is 4.74 Å². The maximum atomic E-state index is 5.19. The van der Waals surface area contributed by atoms with Crippen LogP contribution in [0.2, 0.25) is 0 Å². The van der Waals surface area contributed by atoms with Crippen LogP contribution in [-0.2, 0) is 4.74 Å². The molecule has 2 heteroatoms. The first-order valence-corrected chi connectivity index (χ1v) is 3.61. The summed E-state index contributed by atoms with van der Waals surface area (Å²) in [5.74, 6) is 0. The third kappa shape index (κ3) is 1.97. The molecule has 0 N–H and O–H groups in total. The highest BCUT2D eigenvalue weighted by atomic mass is 79.9. The SMILES string of the molecule is BrC1=CCCCOC1. The van der Waals surface area contributed by atoms with Crippen LogP contribution in [-0.4, -0.2) is 13.2 Å². The quantitative estimate of drug-likeness (QED) is 0.550. The second kappa shape index (κ2) is 3.25. The van der Waals surface area contributed by atoms with Crippen molar-refractivity contribution in [1.82, 2.24) is 0 Å². The lowest BCUT2D eigenvalue weighted by molar-refractivity contribution is 0.163. The summed E-state index contributed by atoms with van der Waals surface area (Å²) in [6, 6.07) is 0. The third-order valence-electron chi connectivity index (χ3n) is 1.10. The van der Waals surface area contributed by atoms with E-state index in [1.165, 1.54) is 4.48 Å². The lowest BCUT2D eigenvalue weighted by Gasteiger charge is -1.94. The predicted octanol–water partition coefficient (Wildman–Crippen LogP) is 2.08. The molecule has 0 aliphatic carbocycles. The van der Waals surface area contributed by atoms with Crippen LogP contribution >= 0.6 is 15.9 Å². The molecule has 0 aromatic rings. The first-order chi connectivity index (χ1) is 3.89. The van der Waals surface area contributed by atoms with Gasteiger partial charge in [0.15, 0.2) is 0 Å². The predicted molar refractivity (Wildman–Crippen MR) is 37.1 cm³/mol. The van der Waals surface area contributed by atoms with Gasteiger partial charge in [-0.2, -0.15) is 0 Å². The average Bonchev–Trinajstić information content (AvgIpc) is 1.94. The van der Waals surface area contributed by atoms with E-state index in [1.807, 2.05) is 0 Å². The van der Waals surface area contributed by atoms with E-state index >= 15 is 0 Å². The van der Waals surface area contributed by atoms with Gasteiger partial charge in [-0.3, -0.25) is 0 Å². The van der Waals surface area contributed by atoms with Crippen molar-refractivity contribution in [2.45, 2.75) is 12.8 Å². The maximum Gasteiger partial charge on any atom is 0.0778 e. The second-order valence-electron chi connectivity index (χ2n) is 1.85. The molecular formula is C6H9BrO. The van der Waals surface area contributed by atoms with E-state index in [1.54, 1.807) is 0 Å². The Balaban J connectivity index is 2.36. The van der Waals surface area contributed by atoms with Crippen LogP contribution in [0.4, 0.5) is 0 Å². The monoisotopic (exact) mass is 176 g/mol. The van der Waals surface area contributed by atoms with E-state index in [4.69, 9.17) is 4.74 Å². The van der Waals surface area contributed by atoms with E-state index in [0.29, 0.717) is 0 Å². The fourth-order valence-corrected chi connectivity index (χ4v) is 1.06. The molecule has 0 spiro atoms. The molecule has 1 heterocycles. The van der Waals surface area contributed by atoms with Crippen molar-refractivity contribution in [3.63, 3.8) is 0 Å². The molecule has 0 aromatic carbocycles. The number of halogens is 1. The van der Waals surface area contributed by atoms with Gasteiger partial charge in [0.25, 0.3) is 0 Å². The van der Waals surface area contributed by atoms with Gasteiger partial charge in [-0.15, -0.1) is 0 Å². The molecule has 0 amide bonds. The molecule has 1 aliphatic heterocycles. The lowest BCUT2D eigenvalue weighted by atomic mass is 10.3. The Kier molecular flexibility index (Phi) is 2.56. The van der Waals surface area contributed by atoms with Gasteiger partial charge in [0.05, 0.1) is 6.61 Å². The fraction of sp³-hybridized carbons (Fsp3) is 0.667. The number of hydrogen-bond donors (Lipinski definition) is 0. The Hall–Kier alpha value is 0.180. The van der Waals surface area contributed by atoms with Crippen LogP contribution in [0.3, 0.4) is 0 Å². The van der Waals surface area contributed by atoms with Crippen LogP contribution in [0, 0.1) is 0 Å². The summed E-state index contributed by atoms with van der Waals surface area (Å²) in [5, 5.41) is 0. The molecule has 0 fully saturated rings. The van der Waals surface area contributed by atoms with Gasteiger partial charge in [0, 0.05) is 11.1 Å². The first kappa shape index (κ1) is 6.30. The summed E-state index contributed by atoms with van der Waals surface area (Å²) in [4.78, 5) is 0. The minimum atomic E-state index is 0.764. The summed E-state index contributed by atoms with van der Waals surface area (Å²) >= 11 is 3.37. The zero-order valence-electron chi connectivity index (χ0n) is 4.69. The minimum absolute atomic E-state index is 0.764.